The Morgan fingerprint density at radius 2 is 1.87 bits per heavy atom. The topological polar surface area (TPSA) is 81.8 Å². The van der Waals surface area contributed by atoms with Gasteiger partial charge in [-0.25, -0.2) is 15.0 Å². The van der Waals surface area contributed by atoms with Crippen LogP contribution in [0.15, 0.2) is 31.0 Å². The van der Waals surface area contributed by atoms with Crippen molar-refractivity contribution >= 4 is 11.6 Å². The van der Waals surface area contributed by atoms with E-state index in [1.54, 1.807) is 24.8 Å². The Hall–Kier alpha value is -2.75. The van der Waals surface area contributed by atoms with Gasteiger partial charge in [-0.3, -0.25) is 4.98 Å². The third-order valence-corrected chi connectivity index (χ3v) is 4.79. The summed E-state index contributed by atoms with van der Waals surface area (Å²) in [6, 6.07) is 2.50. The van der Waals surface area contributed by atoms with E-state index in [0.29, 0.717) is 23.5 Å². The zero-order valence-electron chi connectivity index (χ0n) is 12.7. The fraction of sp³-hybridized carbons (Fsp3) is 0.438. The molecule has 0 aromatic carbocycles. The highest BCUT2D eigenvalue weighted by Crippen LogP contribution is 2.35. The summed E-state index contributed by atoms with van der Waals surface area (Å²) >= 11 is 0. The van der Waals surface area contributed by atoms with Gasteiger partial charge in [0.05, 0.1) is 12.2 Å². The lowest BCUT2D eigenvalue weighted by molar-refractivity contribution is 0.388. The summed E-state index contributed by atoms with van der Waals surface area (Å²) in [7, 11) is 0. The van der Waals surface area contributed by atoms with Crippen LogP contribution in [0, 0.1) is 17.2 Å². The molecule has 2 aliphatic rings. The Morgan fingerprint density at radius 1 is 1.04 bits per heavy atom. The average molecular weight is 307 g/mol. The molecule has 2 fully saturated rings. The SMILES string of the molecule is N#Cc1nccnc1N1CCC2CCN(c3cnccn3)CC21. The lowest BCUT2D eigenvalue weighted by Gasteiger charge is -2.39. The molecule has 0 spiro atoms. The molecule has 4 heterocycles. The van der Waals surface area contributed by atoms with Gasteiger partial charge in [0.15, 0.2) is 11.5 Å². The normalized spacial score (nSPS) is 23.4. The number of aromatic nitrogens is 4. The second-order valence-electron chi connectivity index (χ2n) is 5.95. The summed E-state index contributed by atoms with van der Waals surface area (Å²) in [4.78, 5) is 21.7. The lowest BCUT2D eigenvalue weighted by Crippen LogP contribution is -2.49. The summed E-state index contributed by atoms with van der Waals surface area (Å²) in [5, 5.41) is 9.30. The third kappa shape index (κ3) is 2.46. The standard InChI is InChI=1S/C16H17N7/c17-9-13-16(21-6-5-19-13)23-8-2-12-1-7-22(11-14(12)23)15-10-18-3-4-20-15/h3-6,10,12,14H,1-2,7-8,11H2. The van der Waals surface area contributed by atoms with Gasteiger partial charge < -0.3 is 9.80 Å². The van der Waals surface area contributed by atoms with Gasteiger partial charge in [0.25, 0.3) is 0 Å². The molecule has 0 N–H and O–H groups in total. The van der Waals surface area contributed by atoms with Crippen LogP contribution in [0.1, 0.15) is 18.5 Å². The summed E-state index contributed by atoms with van der Waals surface area (Å²) in [5.41, 5.74) is 0.407. The highest BCUT2D eigenvalue weighted by Gasteiger charge is 2.40. The Bertz CT molecular complexity index is 727. The fourth-order valence-corrected chi connectivity index (χ4v) is 3.69. The second kappa shape index (κ2) is 5.80. The van der Waals surface area contributed by atoms with Crippen molar-refractivity contribution in [2.75, 3.05) is 29.4 Å². The number of fused-ring (bicyclic) bond motifs is 1. The van der Waals surface area contributed by atoms with Crippen molar-refractivity contribution in [3.8, 4) is 6.07 Å². The highest BCUT2D eigenvalue weighted by molar-refractivity contribution is 5.52. The van der Waals surface area contributed by atoms with E-state index in [1.165, 1.54) is 0 Å². The molecule has 0 radical (unpaired) electrons. The van der Waals surface area contributed by atoms with Crippen LogP contribution in [0.4, 0.5) is 11.6 Å². The number of rotatable bonds is 2. The van der Waals surface area contributed by atoms with Crippen LogP contribution >= 0.6 is 0 Å². The van der Waals surface area contributed by atoms with Crippen LogP contribution in [0.3, 0.4) is 0 Å². The minimum atomic E-state index is 0.342. The van der Waals surface area contributed by atoms with Gasteiger partial charge in [-0.15, -0.1) is 0 Å². The van der Waals surface area contributed by atoms with E-state index in [9.17, 15) is 5.26 Å². The van der Waals surface area contributed by atoms with E-state index in [-0.39, 0.29) is 0 Å². The van der Waals surface area contributed by atoms with Crippen molar-refractivity contribution < 1.29 is 0 Å². The number of hydrogen-bond acceptors (Lipinski definition) is 7. The van der Waals surface area contributed by atoms with Crippen molar-refractivity contribution in [3.63, 3.8) is 0 Å². The van der Waals surface area contributed by atoms with E-state index >= 15 is 0 Å². The van der Waals surface area contributed by atoms with E-state index in [2.05, 4.69) is 35.8 Å². The number of hydrogen-bond donors (Lipinski definition) is 0. The molecule has 2 atom stereocenters. The van der Waals surface area contributed by atoms with Crippen LogP contribution in [0.5, 0.6) is 0 Å². The van der Waals surface area contributed by atoms with Gasteiger partial charge in [0.1, 0.15) is 11.9 Å². The lowest BCUT2D eigenvalue weighted by atomic mass is 9.92. The van der Waals surface area contributed by atoms with E-state index in [0.717, 1.165) is 38.3 Å². The predicted octanol–water partition coefficient (Wildman–Crippen LogP) is 1.24. The maximum atomic E-state index is 9.30. The summed E-state index contributed by atoms with van der Waals surface area (Å²) in [6.45, 7) is 2.81. The molecular formula is C16H17N7. The molecule has 0 aliphatic carbocycles. The first-order valence-corrected chi connectivity index (χ1v) is 7.85. The van der Waals surface area contributed by atoms with Gasteiger partial charge in [-0.2, -0.15) is 5.26 Å². The molecule has 0 saturated carbocycles. The minimum absolute atomic E-state index is 0.342. The van der Waals surface area contributed by atoms with Gasteiger partial charge >= 0.3 is 0 Å². The number of nitriles is 1. The maximum absolute atomic E-state index is 9.30. The van der Waals surface area contributed by atoms with E-state index < -0.39 is 0 Å². The Labute approximate surface area is 134 Å². The number of piperidine rings is 1. The van der Waals surface area contributed by atoms with Crippen LogP contribution in [0.25, 0.3) is 0 Å². The van der Waals surface area contributed by atoms with Crippen LogP contribution in [-0.4, -0.2) is 45.6 Å². The predicted molar refractivity (Wildman–Crippen MR) is 84.9 cm³/mol. The van der Waals surface area contributed by atoms with Crippen LogP contribution in [0.2, 0.25) is 0 Å². The van der Waals surface area contributed by atoms with E-state index in [4.69, 9.17) is 0 Å². The zero-order valence-corrected chi connectivity index (χ0v) is 12.7. The molecule has 2 aromatic heterocycles. The Balaban J connectivity index is 1.61. The first-order valence-electron chi connectivity index (χ1n) is 7.85. The first kappa shape index (κ1) is 13.9. The van der Waals surface area contributed by atoms with Crippen molar-refractivity contribution in [2.45, 2.75) is 18.9 Å². The molecule has 0 amide bonds. The first-order chi connectivity index (χ1) is 11.4. The molecule has 2 unspecified atom stereocenters. The third-order valence-electron chi connectivity index (χ3n) is 4.79. The molecule has 7 heteroatoms. The maximum Gasteiger partial charge on any atom is 0.183 e. The second-order valence-corrected chi connectivity index (χ2v) is 5.95. The van der Waals surface area contributed by atoms with Gasteiger partial charge in [0, 0.05) is 44.4 Å². The fourth-order valence-electron chi connectivity index (χ4n) is 3.69. The molecule has 7 nitrogen and oxygen atoms in total. The molecule has 23 heavy (non-hydrogen) atoms. The average Bonchev–Trinajstić information content (AvgIpc) is 3.05. The summed E-state index contributed by atoms with van der Waals surface area (Å²) < 4.78 is 0. The van der Waals surface area contributed by atoms with Gasteiger partial charge in [0.2, 0.25) is 0 Å². The van der Waals surface area contributed by atoms with E-state index in [1.807, 2.05) is 6.20 Å². The van der Waals surface area contributed by atoms with Crippen molar-refractivity contribution in [2.24, 2.45) is 5.92 Å². The Kier molecular flexibility index (Phi) is 3.50. The largest absolute Gasteiger partial charge is 0.353 e. The van der Waals surface area contributed by atoms with Gasteiger partial charge in [-0.1, -0.05) is 0 Å². The Morgan fingerprint density at radius 3 is 2.70 bits per heavy atom. The molecule has 2 aliphatic heterocycles. The van der Waals surface area contributed by atoms with Crippen LogP contribution in [-0.2, 0) is 0 Å². The number of nitrogens with zero attached hydrogens (tertiary/aromatic N) is 7. The van der Waals surface area contributed by atoms with Crippen molar-refractivity contribution in [3.05, 3.63) is 36.7 Å². The summed E-state index contributed by atoms with van der Waals surface area (Å²) in [6.07, 6.45) is 10.7. The molecule has 4 rings (SSSR count). The highest BCUT2D eigenvalue weighted by atomic mass is 15.3. The quantitative estimate of drug-likeness (QED) is 0.825. The molecular weight excluding hydrogens is 290 g/mol. The monoisotopic (exact) mass is 307 g/mol. The smallest absolute Gasteiger partial charge is 0.183 e. The zero-order chi connectivity index (χ0) is 15.6. The molecule has 2 aromatic rings. The summed E-state index contributed by atoms with van der Waals surface area (Å²) in [5.74, 6) is 2.26. The molecule has 0 bridgehead atoms. The van der Waals surface area contributed by atoms with Crippen LogP contribution < -0.4 is 9.80 Å². The number of anilines is 2. The molecule has 2 saturated heterocycles. The minimum Gasteiger partial charge on any atom is -0.353 e. The van der Waals surface area contributed by atoms with Crippen molar-refractivity contribution in [1.82, 2.24) is 19.9 Å². The molecule has 116 valence electrons. The van der Waals surface area contributed by atoms with Crippen molar-refractivity contribution in [1.29, 1.82) is 5.26 Å². The van der Waals surface area contributed by atoms with Gasteiger partial charge in [-0.05, 0) is 18.8 Å².